The van der Waals surface area contributed by atoms with Crippen LogP contribution in [-0.2, 0) is 22.3 Å². The largest absolute Gasteiger partial charge is 0.402 e. The number of halogens is 3. The number of rotatable bonds is 5. The second kappa shape index (κ2) is 5.89. The van der Waals surface area contributed by atoms with Crippen LogP contribution in [0.25, 0.3) is 0 Å². The van der Waals surface area contributed by atoms with Crippen molar-refractivity contribution < 1.29 is 21.6 Å². The maximum absolute atomic E-state index is 12.2. The summed E-state index contributed by atoms with van der Waals surface area (Å²) in [6, 6.07) is 6.38. The Morgan fingerprint density at radius 1 is 1.16 bits per heavy atom. The zero-order valence-corrected chi connectivity index (χ0v) is 11.1. The Labute approximate surface area is 110 Å². The number of sulfonamides is 1. The van der Waals surface area contributed by atoms with Gasteiger partial charge in [-0.2, -0.15) is 17.5 Å². The van der Waals surface area contributed by atoms with Gasteiger partial charge in [-0.05, 0) is 11.1 Å². The first-order valence-electron chi connectivity index (χ1n) is 5.43. The Hall–Kier alpha value is -1.12. The summed E-state index contributed by atoms with van der Waals surface area (Å²) >= 11 is 0. The molecule has 0 heterocycles. The Morgan fingerprint density at radius 3 is 2.05 bits per heavy atom. The average molecular weight is 296 g/mol. The summed E-state index contributed by atoms with van der Waals surface area (Å²) in [5.74, 6) is -0.468. The predicted molar refractivity (Wildman–Crippen MR) is 65.6 cm³/mol. The number of nitrogens with zero attached hydrogens (tertiary/aromatic N) is 1. The van der Waals surface area contributed by atoms with Crippen LogP contribution in [-0.4, -0.2) is 32.5 Å². The number of benzene rings is 1. The molecule has 108 valence electrons. The molecule has 19 heavy (non-hydrogen) atoms. The van der Waals surface area contributed by atoms with Gasteiger partial charge >= 0.3 is 6.18 Å². The average Bonchev–Trinajstić information content (AvgIpc) is 2.27. The molecule has 1 rings (SSSR count). The molecule has 8 heteroatoms. The minimum atomic E-state index is -4.55. The molecule has 0 saturated heterocycles. The van der Waals surface area contributed by atoms with Crippen molar-refractivity contribution >= 4 is 10.0 Å². The van der Waals surface area contributed by atoms with E-state index in [-0.39, 0.29) is 0 Å². The Bertz CT molecular complexity index is 512. The molecule has 0 amide bonds. The molecule has 0 atom stereocenters. The van der Waals surface area contributed by atoms with E-state index in [2.05, 4.69) is 0 Å². The van der Waals surface area contributed by atoms with Crippen molar-refractivity contribution in [1.82, 2.24) is 4.31 Å². The summed E-state index contributed by atoms with van der Waals surface area (Å²) in [5.41, 5.74) is 6.64. The van der Waals surface area contributed by atoms with Crippen molar-refractivity contribution in [1.29, 1.82) is 0 Å². The molecule has 0 aliphatic carbocycles. The van der Waals surface area contributed by atoms with E-state index in [0.717, 1.165) is 12.6 Å². The van der Waals surface area contributed by atoms with Gasteiger partial charge in [-0.1, -0.05) is 24.3 Å². The van der Waals surface area contributed by atoms with E-state index in [1.54, 1.807) is 24.3 Å². The molecular weight excluding hydrogens is 281 g/mol. The van der Waals surface area contributed by atoms with Gasteiger partial charge in [0.1, 0.15) is 6.54 Å². The zero-order chi connectivity index (χ0) is 14.7. The van der Waals surface area contributed by atoms with Gasteiger partial charge in [0.2, 0.25) is 10.0 Å². The Morgan fingerprint density at radius 2 is 1.63 bits per heavy atom. The summed E-state index contributed by atoms with van der Waals surface area (Å²) < 4.78 is 60.2. The fraction of sp³-hybridized carbons (Fsp3) is 0.455. The topological polar surface area (TPSA) is 63.4 Å². The maximum Gasteiger partial charge on any atom is 0.402 e. The second-order valence-electron chi connectivity index (χ2n) is 4.15. The molecule has 4 nitrogen and oxygen atoms in total. The van der Waals surface area contributed by atoms with Gasteiger partial charge in [-0.3, -0.25) is 0 Å². The molecule has 0 aliphatic heterocycles. The molecular formula is C11H15F3N2O2S. The fourth-order valence-electron chi connectivity index (χ4n) is 1.44. The van der Waals surface area contributed by atoms with Crippen LogP contribution in [0.15, 0.2) is 24.3 Å². The van der Waals surface area contributed by atoms with Gasteiger partial charge in [0.25, 0.3) is 0 Å². The molecule has 0 bridgehead atoms. The number of nitrogens with two attached hydrogens (primary N) is 1. The number of hydrogen-bond acceptors (Lipinski definition) is 3. The van der Waals surface area contributed by atoms with E-state index in [1.165, 1.54) is 0 Å². The van der Waals surface area contributed by atoms with E-state index in [0.29, 0.717) is 16.4 Å². The van der Waals surface area contributed by atoms with Crippen LogP contribution in [0.1, 0.15) is 11.1 Å². The second-order valence-corrected chi connectivity index (χ2v) is 6.22. The van der Waals surface area contributed by atoms with Crippen LogP contribution in [0.2, 0.25) is 0 Å². The van der Waals surface area contributed by atoms with Crippen molar-refractivity contribution in [2.24, 2.45) is 5.73 Å². The van der Waals surface area contributed by atoms with Crippen molar-refractivity contribution in [2.75, 3.05) is 13.6 Å². The van der Waals surface area contributed by atoms with Crippen LogP contribution in [0.5, 0.6) is 0 Å². The molecule has 0 aromatic heterocycles. The monoisotopic (exact) mass is 296 g/mol. The van der Waals surface area contributed by atoms with Gasteiger partial charge in [-0.15, -0.1) is 0 Å². The van der Waals surface area contributed by atoms with E-state index < -0.39 is 28.5 Å². The molecule has 0 fully saturated rings. The maximum atomic E-state index is 12.2. The molecule has 2 N–H and O–H groups in total. The SMILES string of the molecule is CN(CC(F)(F)F)S(=O)(=O)Cc1ccc(CN)cc1. The van der Waals surface area contributed by atoms with Crippen molar-refractivity contribution in [2.45, 2.75) is 18.5 Å². The standard InChI is InChI=1S/C11H15F3N2O2S/c1-16(8-11(12,13)14)19(17,18)7-10-4-2-9(6-15)3-5-10/h2-5H,6-8,15H2,1H3. The van der Waals surface area contributed by atoms with Gasteiger partial charge in [0.15, 0.2) is 0 Å². The minimum absolute atomic E-state index is 0.309. The summed E-state index contributed by atoms with van der Waals surface area (Å²) in [7, 11) is -3.07. The predicted octanol–water partition coefficient (Wildman–Crippen LogP) is 1.47. The third-order valence-corrected chi connectivity index (χ3v) is 4.26. The first-order valence-corrected chi connectivity index (χ1v) is 7.03. The zero-order valence-electron chi connectivity index (χ0n) is 10.3. The lowest BCUT2D eigenvalue weighted by molar-refractivity contribution is -0.134. The Balaban J connectivity index is 2.78. The van der Waals surface area contributed by atoms with Gasteiger partial charge < -0.3 is 5.73 Å². The molecule has 0 spiro atoms. The van der Waals surface area contributed by atoms with E-state index in [9.17, 15) is 21.6 Å². The van der Waals surface area contributed by atoms with Crippen molar-refractivity contribution in [3.05, 3.63) is 35.4 Å². The van der Waals surface area contributed by atoms with Crippen molar-refractivity contribution in [3.63, 3.8) is 0 Å². The van der Waals surface area contributed by atoms with Gasteiger partial charge in [0.05, 0.1) is 5.75 Å². The lowest BCUT2D eigenvalue weighted by atomic mass is 10.1. The smallest absolute Gasteiger partial charge is 0.326 e. The number of hydrogen-bond donors (Lipinski definition) is 1. The summed E-state index contributed by atoms with van der Waals surface area (Å²) in [5, 5.41) is 0. The van der Waals surface area contributed by atoms with Gasteiger partial charge in [-0.25, -0.2) is 8.42 Å². The van der Waals surface area contributed by atoms with Crippen molar-refractivity contribution in [3.8, 4) is 0 Å². The van der Waals surface area contributed by atoms with E-state index >= 15 is 0 Å². The highest BCUT2D eigenvalue weighted by atomic mass is 32.2. The molecule has 0 radical (unpaired) electrons. The molecule has 0 unspecified atom stereocenters. The third kappa shape index (κ3) is 5.17. The van der Waals surface area contributed by atoms with E-state index in [1.807, 2.05) is 0 Å². The minimum Gasteiger partial charge on any atom is -0.326 e. The highest BCUT2D eigenvalue weighted by molar-refractivity contribution is 7.88. The molecule has 0 aliphatic rings. The number of alkyl halides is 3. The normalized spacial score (nSPS) is 12.9. The summed E-state index contributed by atoms with van der Waals surface area (Å²) in [4.78, 5) is 0. The lowest BCUT2D eigenvalue weighted by Gasteiger charge is -2.18. The van der Waals surface area contributed by atoms with Crippen LogP contribution in [0, 0.1) is 0 Å². The van der Waals surface area contributed by atoms with Crippen LogP contribution in [0.4, 0.5) is 13.2 Å². The summed E-state index contributed by atoms with van der Waals surface area (Å²) in [6.45, 7) is -1.17. The highest BCUT2D eigenvalue weighted by Gasteiger charge is 2.34. The highest BCUT2D eigenvalue weighted by Crippen LogP contribution is 2.19. The molecule has 1 aromatic carbocycles. The lowest BCUT2D eigenvalue weighted by Crippen LogP contribution is -2.36. The third-order valence-electron chi connectivity index (χ3n) is 2.48. The fourth-order valence-corrected chi connectivity index (χ4v) is 2.62. The van der Waals surface area contributed by atoms with E-state index in [4.69, 9.17) is 5.73 Å². The summed E-state index contributed by atoms with van der Waals surface area (Å²) in [6.07, 6.45) is -4.55. The first kappa shape index (κ1) is 15.9. The van der Waals surface area contributed by atoms with Gasteiger partial charge in [0, 0.05) is 13.6 Å². The van der Waals surface area contributed by atoms with Crippen LogP contribution >= 0.6 is 0 Å². The van der Waals surface area contributed by atoms with Crippen LogP contribution < -0.4 is 5.73 Å². The van der Waals surface area contributed by atoms with Crippen LogP contribution in [0.3, 0.4) is 0 Å². The quantitative estimate of drug-likeness (QED) is 0.895. The Kier molecular flexibility index (Phi) is 4.94. The first-order chi connectivity index (χ1) is 8.64. The molecule has 0 saturated carbocycles. The molecule has 1 aromatic rings.